The fourth-order valence-corrected chi connectivity index (χ4v) is 1.50. The Morgan fingerprint density at radius 3 is 2.21 bits per heavy atom. The van der Waals surface area contributed by atoms with Crippen LogP contribution in [0.1, 0.15) is 18.9 Å². The highest BCUT2D eigenvalue weighted by molar-refractivity contribution is 5.27. The van der Waals surface area contributed by atoms with E-state index < -0.39 is 25.3 Å². The Bertz CT molecular complexity index is 377. The number of hydrogen-bond donors (Lipinski definition) is 1. The zero-order chi connectivity index (χ0) is 14.5. The summed E-state index contributed by atoms with van der Waals surface area (Å²) in [5.41, 5.74) is 0.690. The number of hydrogen-bond acceptors (Lipinski definition) is 2. The van der Waals surface area contributed by atoms with Crippen molar-refractivity contribution in [3.8, 4) is 5.75 Å². The minimum absolute atomic E-state index is 0.0158. The van der Waals surface area contributed by atoms with Crippen molar-refractivity contribution in [3.05, 3.63) is 29.8 Å². The molecule has 1 rings (SSSR count). The van der Waals surface area contributed by atoms with Gasteiger partial charge in [0.15, 0.2) is 0 Å². The third-order valence-corrected chi connectivity index (χ3v) is 2.34. The maximum atomic E-state index is 12.1. The summed E-state index contributed by atoms with van der Waals surface area (Å²) in [7, 11) is 0. The normalized spacial score (nSPS) is 13.6. The van der Waals surface area contributed by atoms with Gasteiger partial charge in [0.25, 0.3) is 0 Å². The first-order valence-corrected chi connectivity index (χ1v) is 5.60. The van der Waals surface area contributed by atoms with Gasteiger partial charge in [0, 0.05) is 12.6 Å². The average molecular weight is 283 g/mol. The predicted molar refractivity (Wildman–Crippen MR) is 60.0 cm³/mol. The molecule has 1 aromatic carbocycles. The first-order chi connectivity index (χ1) is 8.76. The third-order valence-electron chi connectivity index (χ3n) is 2.34. The van der Waals surface area contributed by atoms with Crippen molar-refractivity contribution in [2.24, 2.45) is 0 Å². The van der Waals surface area contributed by atoms with E-state index in [1.54, 1.807) is 0 Å². The van der Waals surface area contributed by atoms with Crippen molar-refractivity contribution in [2.75, 3.05) is 0 Å². The third kappa shape index (κ3) is 6.95. The van der Waals surface area contributed by atoms with Gasteiger partial charge in [-0.15, -0.1) is 0 Å². The van der Waals surface area contributed by atoms with Gasteiger partial charge in [-0.2, -0.15) is 22.0 Å². The van der Waals surface area contributed by atoms with Gasteiger partial charge in [-0.05, 0) is 24.6 Å². The zero-order valence-electron chi connectivity index (χ0n) is 10.2. The molecule has 0 aliphatic rings. The van der Waals surface area contributed by atoms with Gasteiger partial charge >= 0.3 is 12.8 Å². The molecule has 1 atom stereocenters. The maximum Gasteiger partial charge on any atom is 0.390 e. The standard InChI is InChI=1S/C12H14F5NO/c1-8(6-12(15,16)17)18-7-9-2-4-10(5-3-9)19-11(13)14/h2-5,8,11,18H,6-7H2,1H3. The Labute approximate surface area is 107 Å². The van der Waals surface area contributed by atoms with Crippen molar-refractivity contribution < 1.29 is 26.7 Å². The lowest BCUT2D eigenvalue weighted by atomic mass is 10.2. The van der Waals surface area contributed by atoms with Crippen LogP contribution in [0.5, 0.6) is 5.75 Å². The Balaban J connectivity index is 2.41. The highest BCUT2D eigenvalue weighted by atomic mass is 19.4. The molecule has 0 bridgehead atoms. The van der Waals surface area contributed by atoms with E-state index >= 15 is 0 Å². The SMILES string of the molecule is CC(CC(F)(F)F)NCc1ccc(OC(F)F)cc1. The average Bonchev–Trinajstić information content (AvgIpc) is 2.25. The highest BCUT2D eigenvalue weighted by Crippen LogP contribution is 2.21. The van der Waals surface area contributed by atoms with Crippen LogP contribution in [0.2, 0.25) is 0 Å². The van der Waals surface area contributed by atoms with E-state index in [9.17, 15) is 22.0 Å². The van der Waals surface area contributed by atoms with Gasteiger partial charge in [-0.25, -0.2) is 0 Å². The first kappa shape index (κ1) is 15.7. The molecule has 0 aliphatic carbocycles. The minimum Gasteiger partial charge on any atom is -0.435 e. The summed E-state index contributed by atoms with van der Waals surface area (Å²) in [6, 6.07) is 5.02. The second kappa shape index (κ2) is 6.70. The second-order valence-electron chi connectivity index (χ2n) is 4.12. The fourth-order valence-electron chi connectivity index (χ4n) is 1.50. The molecule has 0 amide bonds. The molecule has 19 heavy (non-hydrogen) atoms. The van der Waals surface area contributed by atoms with E-state index in [1.807, 2.05) is 0 Å². The summed E-state index contributed by atoms with van der Waals surface area (Å²) in [6.07, 6.45) is -5.12. The summed E-state index contributed by atoms with van der Waals surface area (Å²) in [6.45, 7) is -1.23. The summed E-state index contributed by atoms with van der Waals surface area (Å²) < 4.78 is 64.2. The summed E-state index contributed by atoms with van der Waals surface area (Å²) in [5, 5.41) is 2.71. The van der Waals surface area contributed by atoms with E-state index in [-0.39, 0.29) is 12.3 Å². The molecule has 0 aliphatic heterocycles. The van der Waals surface area contributed by atoms with E-state index in [1.165, 1.54) is 31.2 Å². The minimum atomic E-state index is -4.21. The van der Waals surface area contributed by atoms with E-state index in [4.69, 9.17) is 0 Å². The molecule has 0 radical (unpaired) electrons. The Hall–Kier alpha value is -1.37. The van der Waals surface area contributed by atoms with Crippen LogP contribution in [0.4, 0.5) is 22.0 Å². The van der Waals surface area contributed by atoms with Crippen LogP contribution >= 0.6 is 0 Å². The van der Waals surface area contributed by atoms with Crippen molar-refractivity contribution in [2.45, 2.75) is 38.7 Å². The summed E-state index contributed by atoms with van der Waals surface area (Å²) in [5.74, 6) is 0.0158. The molecule has 7 heteroatoms. The van der Waals surface area contributed by atoms with Crippen LogP contribution in [-0.4, -0.2) is 18.8 Å². The molecule has 0 spiro atoms. The highest BCUT2D eigenvalue weighted by Gasteiger charge is 2.29. The molecule has 0 aromatic heterocycles. The summed E-state index contributed by atoms with van der Waals surface area (Å²) in [4.78, 5) is 0. The van der Waals surface area contributed by atoms with Crippen molar-refractivity contribution in [1.82, 2.24) is 5.32 Å². The maximum absolute atomic E-state index is 12.1. The number of rotatable bonds is 6. The van der Waals surface area contributed by atoms with Crippen LogP contribution in [0, 0.1) is 0 Å². The van der Waals surface area contributed by atoms with Gasteiger partial charge < -0.3 is 10.1 Å². The quantitative estimate of drug-likeness (QED) is 0.803. The van der Waals surface area contributed by atoms with Gasteiger partial charge in [-0.3, -0.25) is 0 Å². The number of nitrogens with one attached hydrogen (secondary N) is 1. The number of benzene rings is 1. The van der Waals surface area contributed by atoms with Crippen LogP contribution in [0.3, 0.4) is 0 Å². The molecular formula is C12H14F5NO. The molecule has 1 N–H and O–H groups in total. The molecule has 0 saturated carbocycles. The smallest absolute Gasteiger partial charge is 0.390 e. The lowest BCUT2D eigenvalue weighted by Gasteiger charge is -2.15. The molecule has 0 fully saturated rings. The molecule has 0 saturated heterocycles. The lowest BCUT2D eigenvalue weighted by Crippen LogP contribution is -2.30. The van der Waals surface area contributed by atoms with Gasteiger partial charge in [-0.1, -0.05) is 12.1 Å². The van der Waals surface area contributed by atoms with Crippen LogP contribution in [-0.2, 0) is 6.54 Å². The Kier molecular flexibility index (Phi) is 5.53. The number of alkyl halides is 5. The zero-order valence-corrected chi connectivity index (χ0v) is 10.2. The second-order valence-corrected chi connectivity index (χ2v) is 4.12. The predicted octanol–water partition coefficient (Wildman–Crippen LogP) is 3.72. The van der Waals surface area contributed by atoms with Crippen LogP contribution < -0.4 is 10.1 Å². The van der Waals surface area contributed by atoms with E-state index in [0.29, 0.717) is 5.56 Å². The molecule has 1 unspecified atom stereocenters. The van der Waals surface area contributed by atoms with Crippen LogP contribution in [0.15, 0.2) is 24.3 Å². The van der Waals surface area contributed by atoms with E-state index in [0.717, 1.165) is 0 Å². The van der Waals surface area contributed by atoms with E-state index in [2.05, 4.69) is 10.1 Å². The topological polar surface area (TPSA) is 21.3 Å². The van der Waals surface area contributed by atoms with Crippen molar-refractivity contribution in [3.63, 3.8) is 0 Å². The summed E-state index contributed by atoms with van der Waals surface area (Å²) >= 11 is 0. The number of halogens is 5. The Morgan fingerprint density at radius 1 is 1.16 bits per heavy atom. The largest absolute Gasteiger partial charge is 0.435 e. The molecular weight excluding hydrogens is 269 g/mol. The number of ether oxygens (including phenoxy) is 1. The molecule has 2 nitrogen and oxygen atoms in total. The Morgan fingerprint density at radius 2 is 1.74 bits per heavy atom. The first-order valence-electron chi connectivity index (χ1n) is 5.60. The van der Waals surface area contributed by atoms with Gasteiger partial charge in [0.2, 0.25) is 0 Å². The van der Waals surface area contributed by atoms with Crippen molar-refractivity contribution >= 4 is 0 Å². The van der Waals surface area contributed by atoms with Crippen LogP contribution in [0.25, 0.3) is 0 Å². The molecule has 1 aromatic rings. The monoisotopic (exact) mass is 283 g/mol. The molecule has 0 heterocycles. The fraction of sp³-hybridized carbons (Fsp3) is 0.500. The molecule has 108 valence electrons. The van der Waals surface area contributed by atoms with Gasteiger partial charge in [0.05, 0.1) is 6.42 Å². The van der Waals surface area contributed by atoms with Crippen molar-refractivity contribution in [1.29, 1.82) is 0 Å². The van der Waals surface area contributed by atoms with Gasteiger partial charge in [0.1, 0.15) is 5.75 Å². The lowest BCUT2D eigenvalue weighted by molar-refractivity contribution is -0.139.